The zero-order valence-corrected chi connectivity index (χ0v) is 16.8. The van der Waals surface area contributed by atoms with Gasteiger partial charge in [-0.3, -0.25) is 4.79 Å². The van der Waals surface area contributed by atoms with Crippen LogP contribution in [0.3, 0.4) is 0 Å². The highest BCUT2D eigenvalue weighted by Crippen LogP contribution is 2.29. The standard InChI is InChI=1S/C23H18F3N5O/c24-14-4-5-20(29-11-14)30-21-9-19-13(10-28-21)8-16(22-17(25)2-1-3-18(22)26)23(32)31(19)15-6-7-27-12-15/h1-5,8-11,15,27H,6-7,12H2,(H,28,29,30). The van der Waals surface area contributed by atoms with Crippen LogP contribution in [0.15, 0.2) is 59.7 Å². The zero-order valence-electron chi connectivity index (χ0n) is 16.8. The highest BCUT2D eigenvalue weighted by Gasteiger charge is 2.24. The van der Waals surface area contributed by atoms with E-state index >= 15 is 0 Å². The van der Waals surface area contributed by atoms with Gasteiger partial charge >= 0.3 is 0 Å². The van der Waals surface area contributed by atoms with Crippen LogP contribution in [0.1, 0.15) is 12.5 Å². The second-order valence-corrected chi connectivity index (χ2v) is 7.59. The van der Waals surface area contributed by atoms with Gasteiger partial charge in [0, 0.05) is 24.2 Å². The van der Waals surface area contributed by atoms with Gasteiger partial charge in [-0.1, -0.05) is 6.07 Å². The Bertz CT molecular complexity index is 1340. The summed E-state index contributed by atoms with van der Waals surface area (Å²) >= 11 is 0. The molecular formula is C23H18F3N5O. The van der Waals surface area contributed by atoms with Crippen molar-refractivity contribution in [3.8, 4) is 11.1 Å². The zero-order chi connectivity index (χ0) is 22.2. The number of halogens is 3. The second kappa shape index (κ2) is 8.08. The quantitative estimate of drug-likeness (QED) is 0.502. The molecule has 0 aliphatic carbocycles. The summed E-state index contributed by atoms with van der Waals surface area (Å²) in [5, 5.41) is 6.77. The number of pyridine rings is 3. The summed E-state index contributed by atoms with van der Waals surface area (Å²) in [6.07, 6.45) is 3.31. The van der Waals surface area contributed by atoms with Gasteiger partial charge in [-0.25, -0.2) is 23.1 Å². The van der Waals surface area contributed by atoms with Crippen molar-refractivity contribution in [1.82, 2.24) is 19.9 Å². The minimum Gasteiger partial charge on any atom is -0.325 e. The lowest BCUT2D eigenvalue weighted by Gasteiger charge is -2.19. The maximum Gasteiger partial charge on any atom is 0.259 e. The first-order valence-corrected chi connectivity index (χ1v) is 10.1. The third-order valence-corrected chi connectivity index (χ3v) is 5.54. The molecule has 162 valence electrons. The summed E-state index contributed by atoms with van der Waals surface area (Å²) in [7, 11) is 0. The van der Waals surface area contributed by atoms with Crippen LogP contribution in [0.2, 0.25) is 0 Å². The largest absolute Gasteiger partial charge is 0.325 e. The van der Waals surface area contributed by atoms with Crippen molar-refractivity contribution in [3.63, 3.8) is 0 Å². The maximum atomic E-state index is 14.5. The molecule has 1 aromatic carbocycles. The fourth-order valence-corrected chi connectivity index (χ4v) is 4.04. The van der Waals surface area contributed by atoms with Crippen LogP contribution in [0.25, 0.3) is 22.0 Å². The first kappa shape index (κ1) is 20.2. The molecule has 1 fully saturated rings. The molecule has 1 unspecified atom stereocenters. The molecule has 32 heavy (non-hydrogen) atoms. The molecule has 4 aromatic rings. The fourth-order valence-electron chi connectivity index (χ4n) is 4.04. The van der Waals surface area contributed by atoms with E-state index in [0.29, 0.717) is 35.5 Å². The van der Waals surface area contributed by atoms with E-state index in [9.17, 15) is 18.0 Å². The topological polar surface area (TPSA) is 71.8 Å². The lowest BCUT2D eigenvalue weighted by atomic mass is 10.0. The van der Waals surface area contributed by atoms with E-state index in [2.05, 4.69) is 20.6 Å². The smallest absolute Gasteiger partial charge is 0.259 e. The van der Waals surface area contributed by atoms with Gasteiger partial charge in [-0.05, 0) is 43.3 Å². The summed E-state index contributed by atoms with van der Waals surface area (Å²) in [4.78, 5) is 21.8. The lowest BCUT2D eigenvalue weighted by molar-refractivity contribution is 0.546. The molecule has 0 bridgehead atoms. The molecule has 6 nitrogen and oxygen atoms in total. The minimum absolute atomic E-state index is 0.0530. The van der Waals surface area contributed by atoms with Crippen LogP contribution in [-0.2, 0) is 0 Å². The Labute approximate surface area is 180 Å². The number of rotatable bonds is 4. The Morgan fingerprint density at radius 2 is 1.78 bits per heavy atom. The molecule has 0 saturated carbocycles. The van der Waals surface area contributed by atoms with Gasteiger partial charge in [-0.15, -0.1) is 0 Å². The molecule has 1 atom stereocenters. The number of hydrogen-bond acceptors (Lipinski definition) is 5. The van der Waals surface area contributed by atoms with Crippen molar-refractivity contribution in [2.75, 3.05) is 18.4 Å². The van der Waals surface area contributed by atoms with Crippen LogP contribution in [0.4, 0.5) is 24.8 Å². The van der Waals surface area contributed by atoms with E-state index in [4.69, 9.17) is 0 Å². The van der Waals surface area contributed by atoms with E-state index in [0.717, 1.165) is 24.9 Å². The van der Waals surface area contributed by atoms with Crippen molar-refractivity contribution >= 4 is 22.5 Å². The number of nitrogens with one attached hydrogen (secondary N) is 2. The van der Waals surface area contributed by atoms with Crippen molar-refractivity contribution < 1.29 is 13.2 Å². The Hall–Kier alpha value is -3.72. The average Bonchev–Trinajstić information content (AvgIpc) is 3.30. The number of anilines is 2. The van der Waals surface area contributed by atoms with E-state index in [-0.39, 0.29) is 17.2 Å². The van der Waals surface area contributed by atoms with Crippen LogP contribution in [-0.4, -0.2) is 27.6 Å². The van der Waals surface area contributed by atoms with Crippen molar-refractivity contribution in [2.24, 2.45) is 0 Å². The third kappa shape index (κ3) is 3.60. The van der Waals surface area contributed by atoms with Gasteiger partial charge in [0.2, 0.25) is 0 Å². The summed E-state index contributed by atoms with van der Waals surface area (Å²) in [6, 6.07) is 9.23. The minimum atomic E-state index is -0.800. The first-order valence-electron chi connectivity index (χ1n) is 10.1. The van der Waals surface area contributed by atoms with E-state index < -0.39 is 23.0 Å². The van der Waals surface area contributed by atoms with Gasteiger partial charge in [0.15, 0.2) is 0 Å². The van der Waals surface area contributed by atoms with Crippen molar-refractivity contribution in [1.29, 1.82) is 0 Å². The summed E-state index contributed by atoms with van der Waals surface area (Å²) in [5.74, 6) is -1.27. The van der Waals surface area contributed by atoms with E-state index in [1.54, 1.807) is 10.6 Å². The van der Waals surface area contributed by atoms with Crippen LogP contribution < -0.4 is 16.2 Å². The SMILES string of the molecule is O=c1c(-c2c(F)cccc2F)cc2cnc(Nc3ccc(F)cn3)cc2n1C1CCNC1. The fraction of sp³-hybridized carbons (Fsp3) is 0.174. The van der Waals surface area contributed by atoms with E-state index in [1.165, 1.54) is 30.5 Å². The predicted octanol–water partition coefficient (Wildman–Crippen LogP) is 4.15. The first-order chi connectivity index (χ1) is 15.5. The van der Waals surface area contributed by atoms with Gasteiger partial charge < -0.3 is 15.2 Å². The Kier molecular flexibility index (Phi) is 5.10. The number of fused-ring (bicyclic) bond motifs is 1. The number of hydrogen-bond donors (Lipinski definition) is 2. The summed E-state index contributed by atoms with van der Waals surface area (Å²) in [6.45, 7) is 1.29. The highest BCUT2D eigenvalue weighted by molar-refractivity contribution is 5.86. The molecule has 0 radical (unpaired) electrons. The molecule has 2 N–H and O–H groups in total. The number of nitrogens with zero attached hydrogens (tertiary/aromatic N) is 3. The molecule has 9 heteroatoms. The third-order valence-electron chi connectivity index (χ3n) is 5.54. The molecule has 1 aliphatic heterocycles. The Morgan fingerprint density at radius 1 is 1.00 bits per heavy atom. The molecule has 0 spiro atoms. The Morgan fingerprint density at radius 3 is 2.47 bits per heavy atom. The van der Waals surface area contributed by atoms with E-state index in [1.807, 2.05) is 0 Å². The lowest BCUT2D eigenvalue weighted by Crippen LogP contribution is -2.28. The molecule has 4 heterocycles. The average molecular weight is 437 g/mol. The molecular weight excluding hydrogens is 419 g/mol. The number of aromatic nitrogens is 3. The Balaban J connectivity index is 1.70. The van der Waals surface area contributed by atoms with Gasteiger partial charge in [0.1, 0.15) is 29.1 Å². The summed E-state index contributed by atoms with van der Waals surface area (Å²) in [5.41, 5.74) is -0.310. The van der Waals surface area contributed by atoms with Crippen LogP contribution in [0, 0.1) is 17.5 Å². The maximum absolute atomic E-state index is 14.5. The summed E-state index contributed by atoms with van der Waals surface area (Å²) < 4.78 is 43.7. The molecule has 0 amide bonds. The second-order valence-electron chi connectivity index (χ2n) is 7.59. The van der Waals surface area contributed by atoms with Crippen LogP contribution in [0.5, 0.6) is 0 Å². The van der Waals surface area contributed by atoms with Crippen molar-refractivity contribution in [3.05, 3.63) is 82.7 Å². The normalized spacial score (nSPS) is 15.9. The molecule has 1 saturated heterocycles. The molecule has 3 aromatic heterocycles. The monoisotopic (exact) mass is 437 g/mol. The molecule has 1 aliphatic rings. The predicted molar refractivity (Wildman–Crippen MR) is 115 cm³/mol. The van der Waals surface area contributed by atoms with Crippen molar-refractivity contribution in [2.45, 2.75) is 12.5 Å². The highest BCUT2D eigenvalue weighted by atomic mass is 19.1. The van der Waals surface area contributed by atoms with Gasteiger partial charge in [0.05, 0.1) is 28.9 Å². The van der Waals surface area contributed by atoms with Gasteiger partial charge in [0.25, 0.3) is 5.56 Å². The molecule has 5 rings (SSSR count). The van der Waals surface area contributed by atoms with Gasteiger partial charge in [-0.2, -0.15) is 0 Å². The number of benzene rings is 1. The van der Waals surface area contributed by atoms with Crippen LogP contribution >= 0.6 is 0 Å².